The van der Waals surface area contributed by atoms with Gasteiger partial charge in [0.15, 0.2) is 0 Å². The van der Waals surface area contributed by atoms with E-state index in [4.69, 9.17) is 10.5 Å². The molecule has 1 fully saturated rings. The van der Waals surface area contributed by atoms with Gasteiger partial charge in [-0.15, -0.1) is 0 Å². The first kappa shape index (κ1) is 13.8. The van der Waals surface area contributed by atoms with E-state index in [2.05, 4.69) is 26.9 Å². The summed E-state index contributed by atoms with van der Waals surface area (Å²) in [5.41, 5.74) is 7.82. The number of nitrogens with zero attached hydrogens (tertiary/aromatic N) is 1. The van der Waals surface area contributed by atoms with Gasteiger partial charge in [-0.3, -0.25) is 4.90 Å². The number of aliphatic hydroxyl groups excluding tert-OH is 1. The number of hydrogen-bond donors (Lipinski definition) is 2. The standard InChI is InChI=1S/C13H19BrN2O2/c1-9-5-16(7-11(8-17)18-9)6-10-2-3-12(14)13(15)4-10/h2-4,9,11,17H,5-8,15H2,1H3. The van der Waals surface area contributed by atoms with Crippen molar-refractivity contribution in [3.63, 3.8) is 0 Å². The first-order chi connectivity index (χ1) is 8.58. The van der Waals surface area contributed by atoms with Crippen molar-refractivity contribution in [2.24, 2.45) is 0 Å². The third-order valence-electron chi connectivity index (χ3n) is 3.07. The van der Waals surface area contributed by atoms with Crippen LogP contribution in [0.4, 0.5) is 5.69 Å². The Hall–Kier alpha value is -0.620. The predicted octanol–water partition coefficient (Wildman–Crippen LogP) is 1.61. The molecule has 0 aliphatic carbocycles. The number of aliphatic hydroxyl groups is 1. The van der Waals surface area contributed by atoms with Crippen molar-refractivity contribution in [1.29, 1.82) is 0 Å². The molecule has 0 radical (unpaired) electrons. The molecule has 1 aromatic rings. The molecule has 2 unspecified atom stereocenters. The van der Waals surface area contributed by atoms with Gasteiger partial charge in [-0.05, 0) is 40.5 Å². The zero-order chi connectivity index (χ0) is 13.1. The largest absolute Gasteiger partial charge is 0.398 e. The fourth-order valence-electron chi connectivity index (χ4n) is 2.32. The van der Waals surface area contributed by atoms with Crippen molar-refractivity contribution < 1.29 is 9.84 Å². The summed E-state index contributed by atoms with van der Waals surface area (Å²) in [5.74, 6) is 0. The molecule has 5 heteroatoms. The molecule has 2 rings (SSSR count). The average Bonchev–Trinajstić information content (AvgIpc) is 2.33. The monoisotopic (exact) mass is 314 g/mol. The minimum Gasteiger partial charge on any atom is -0.398 e. The number of nitrogens with two attached hydrogens (primary N) is 1. The highest BCUT2D eigenvalue weighted by molar-refractivity contribution is 9.10. The van der Waals surface area contributed by atoms with Crippen LogP contribution in [0.5, 0.6) is 0 Å². The number of benzene rings is 1. The lowest BCUT2D eigenvalue weighted by atomic mass is 10.1. The molecule has 0 saturated carbocycles. The van der Waals surface area contributed by atoms with Crippen molar-refractivity contribution in [2.75, 3.05) is 25.4 Å². The first-order valence-electron chi connectivity index (χ1n) is 6.11. The second-order valence-electron chi connectivity index (χ2n) is 4.80. The molecule has 1 aliphatic heterocycles. The third-order valence-corrected chi connectivity index (χ3v) is 3.79. The molecule has 100 valence electrons. The molecular weight excluding hydrogens is 296 g/mol. The zero-order valence-corrected chi connectivity index (χ0v) is 12.1. The van der Waals surface area contributed by atoms with E-state index < -0.39 is 0 Å². The summed E-state index contributed by atoms with van der Waals surface area (Å²) in [5, 5.41) is 9.20. The van der Waals surface area contributed by atoms with Gasteiger partial charge in [0.25, 0.3) is 0 Å². The quantitative estimate of drug-likeness (QED) is 0.832. The number of rotatable bonds is 3. The Labute approximate surface area is 116 Å². The van der Waals surface area contributed by atoms with E-state index in [9.17, 15) is 5.11 Å². The molecule has 1 aromatic carbocycles. The van der Waals surface area contributed by atoms with Crippen molar-refractivity contribution in [1.82, 2.24) is 4.90 Å². The van der Waals surface area contributed by atoms with Gasteiger partial charge in [-0.2, -0.15) is 0 Å². The molecule has 18 heavy (non-hydrogen) atoms. The maximum absolute atomic E-state index is 9.20. The van der Waals surface area contributed by atoms with Gasteiger partial charge in [-0.1, -0.05) is 6.07 Å². The topological polar surface area (TPSA) is 58.7 Å². The van der Waals surface area contributed by atoms with E-state index in [-0.39, 0.29) is 18.8 Å². The summed E-state index contributed by atoms with van der Waals surface area (Å²) < 4.78 is 6.55. The SMILES string of the molecule is CC1CN(Cc2ccc(Br)c(N)c2)CC(CO)O1. The molecule has 4 nitrogen and oxygen atoms in total. The Morgan fingerprint density at radius 1 is 1.50 bits per heavy atom. The second kappa shape index (κ2) is 6.02. The van der Waals surface area contributed by atoms with Gasteiger partial charge in [0, 0.05) is 29.8 Å². The van der Waals surface area contributed by atoms with Crippen LogP contribution in [-0.2, 0) is 11.3 Å². The number of morpholine rings is 1. The summed E-state index contributed by atoms with van der Waals surface area (Å²) >= 11 is 3.39. The molecule has 0 bridgehead atoms. The summed E-state index contributed by atoms with van der Waals surface area (Å²) in [7, 11) is 0. The number of ether oxygens (including phenoxy) is 1. The fourth-order valence-corrected chi connectivity index (χ4v) is 2.57. The number of halogens is 1. The summed E-state index contributed by atoms with van der Waals surface area (Å²) in [6, 6.07) is 6.02. The van der Waals surface area contributed by atoms with Crippen LogP contribution in [0.15, 0.2) is 22.7 Å². The van der Waals surface area contributed by atoms with Crippen LogP contribution in [0.2, 0.25) is 0 Å². The molecule has 1 saturated heterocycles. The Balaban J connectivity index is 2.01. The van der Waals surface area contributed by atoms with Gasteiger partial charge < -0.3 is 15.6 Å². The van der Waals surface area contributed by atoms with Gasteiger partial charge in [0.2, 0.25) is 0 Å². The summed E-state index contributed by atoms with van der Waals surface area (Å²) in [4.78, 5) is 2.29. The lowest BCUT2D eigenvalue weighted by Gasteiger charge is -2.36. The van der Waals surface area contributed by atoms with Crippen molar-refractivity contribution in [2.45, 2.75) is 25.7 Å². The minimum atomic E-state index is -0.0819. The maximum atomic E-state index is 9.20. The Kier molecular flexibility index (Phi) is 4.61. The van der Waals surface area contributed by atoms with E-state index in [1.807, 2.05) is 19.1 Å². The maximum Gasteiger partial charge on any atom is 0.0936 e. The molecule has 2 atom stereocenters. The Morgan fingerprint density at radius 3 is 2.94 bits per heavy atom. The molecule has 3 N–H and O–H groups in total. The Morgan fingerprint density at radius 2 is 2.28 bits per heavy atom. The van der Waals surface area contributed by atoms with Gasteiger partial charge >= 0.3 is 0 Å². The average molecular weight is 315 g/mol. The molecule has 0 aromatic heterocycles. The highest BCUT2D eigenvalue weighted by Gasteiger charge is 2.24. The van der Waals surface area contributed by atoms with Gasteiger partial charge in [0.05, 0.1) is 18.8 Å². The van der Waals surface area contributed by atoms with Crippen LogP contribution in [0.1, 0.15) is 12.5 Å². The highest BCUT2D eigenvalue weighted by atomic mass is 79.9. The van der Waals surface area contributed by atoms with E-state index >= 15 is 0 Å². The fraction of sp³-hybridized carbons (Fsp3) is 0.538. The van der Waals surface area contributed by atoms with Crippen LogP contribution in [0, 0.1) is 0 Å². The molecule has 0 amide bonds. The molecule has 1 heterocycles. The van der Waals surface area contributed by atoms with E-state index in [1.54, 1.807) is 0 Å². The van der Waals surface area contributed by atoms with E-state index in [1.165, 1.54) is 5.56 Å². The lowest BCUT2D eigenvalue weighted by Crippen LogP contribution is -2.47. The van der Waals surface area contributed by atoms with Crippen molar-refractivity contribution in [3.05, 3.63) is 28.2 Å². The van der Waals surface area contributed by atoms with Crippen LogP contribution in [0.3, 0.4) is 0 Å². The zero-order valence-electron chi connectivity index (χ0n) is 10.5. The van der Waals surface area contributed by atoms with Crippen molar-refractivity contribution in [3.8, 4) is 0 Å². The first-order valence-corrected chi connectivity index (χ1v) is 6.90. The minimum absolute atomic E-state index is 0.0727. The van der Waals surface area contributed by atoms with E-state index in [0.717, 1.165) is 29.8 Å². The molecular formula is C13H19BrN2O2. The summed E-state index contributed by atoms with van der Waals surface area (Å²) in [6.45, 7) is 4.58. The van der Waals surface area contributed by atoms with Gasteiger partial charge in [-0.25, -0.2) is 0 Å². The van der Waals surface area contributed by atoms with Gasteiger partial charge in [0.1, 0.15) is 0 Å². The summed E-state index contributed by atoms with van der Waals surface area (Å²) in [6.07, 6.45) is 0.0743. The lowest BCUT2D eigenvalue weighted by molar-refractivity contribution is -0.0972. The van der Waals surface area contributed by atoms with Crippen LogP contribution in [-0.4, -0.2) is 41.9 Å². The normalized spacial score (nSPS) is 25.3. The predicted molar refractivity (Wildman–Crippen MR) is 75.3 cm³/mol. The second-order valence-corrected chi connectivity index (χ2v) is 5.66. The third kappa shape index (κ3) is 3.45. The van der Waals surface area contributed by atoms with Crippen LogP contribution in [0.25, 0.3) is 0 Å². The number of anilines is 1. The van der Waals surface area contributed by atoms with E-state index in [0.29, 0.717) is 0 Å². The number of nitrogen functional groups attached to an aromatic ring is 1. The highest BCUT2D eigenvalue weighted by Crippen LogP contribution is 2.22. The Bertz CT molecular complexity index is 414. The number of hydrogen-bond acceptors (Lipinski definition) is 4. The van der Waals surface area contributed by atoms with Crippen LogP contribution < -0.4 is 5.73 Å². The van der Waals surface area contributed by atoms with Crippen LogP contribution >= 0.6 is 15.9 Å². The smallest absolute Gasteiger partial charge is 0.0936 e. The molecule has 0 spiro atoms. The molecule has 1 aliphatic rings. The van der Waals surface area contributed by atoms with Crippen molar-refractivity contribution >= 4 is 21.6 Å².